The maximum Gasteiger partial charge on any atom is 0.326 e. The second-order valence-electron chi connectivity index (χ2n) is 7.53. The molecule has 1 aromatic carbocycles. The van der Waals surface area contributed by atoms with Crippen LogP contribution >= 0.6 is 11.8 Å². The van der Waals surface area contributed by atoms with Gasteiger partial charge >= 0.3 is 5.97 Å². The summed E-state index contributed by atoms with van der Waals surface area (Å²) in [5.74, 6) is -0.149. The molecule has 7 nitrogen and oxygen atoms in total. The molecule has 0 radical (unpaired) electrons. The van der Waals surface area contributed by atoms with E-state index in [2.05, 4.69) is 0 Å². The number of ether oxygens (including phenoxy) is 1. The summed E-state index contributed by atoms with van der Waals surface area (Å²) in [6.07, 6.45) is 0.413. The first-order valence-electron chi connectivity index (χ1n) is 8.95. The molecule has 1 amide bonds. The number of likely N-dealkylation sites (tertiary alicyclic amines) is 1. The molecule has 0 aliphatic carbocycles. The van der Waals surface area contributed by atoms with Crippen molar-refractivity contribution in [2.75, 3.05) is 6.54 Å². The van der Waals surface area contributed by atoms with Gasteiger partial charge in [-0.25, -0.2) is 4.79 Å². The fourth-order valence-electron chi connectivity index (χ4n) is 3.79. The zero-order chi connectivity index (χ0) is 20.1. The summed E-state index contributed by atoms with van der Waals surface area (Å²) < 4.78 is 6.21. The predicted molar refractivity (Wildman–Crippen MR) is 101 cm³/mol. The number of carbonyl (C=O) groups excluding carboxylic acids is 1. The number of aliphatic carboxylic acids is 1. The molecule has 1 fully saturated rings. The van der Waals surface area contributed by atoms with Crippen LogP contribution in [-0.2, 0) is 11.2 Å². The van der Waals surface area contributed by atoms with Gasteiger partial charge in [-0.15, -0.1) is 0 Å². The van der Waals surface area contributed by atoms with Crippen molar-refractivity contribution < 1.29 is 29.6 Å². The number of carbonyl (C=O) groups is 2. The van der Waals surface area contributed by atoms with Gasteiger partial charge in [-0.3, -0.25) is 4.79 Å². The molecule has 148 valence electrons. The van der Waals surface area contributed by atoms with Crippen LogP contribution < -0.4 is 4.74 Å². The number of β-amino-alcohol motifs (C(OH)–C–C–N with tert-alkyl or cyclic N) is 1. The number of benzene rings is 1. The number of phenols is 1. The van der Waals surface area contributed by atoms with E-state index in [0.29, 0.717) is 18.6 Å². The Kier molecular flexibility index (Phi) is 5.07. The van der Waals surface area contributed by atoms with Gasteiger partial charge in [0.15, 0.2) is 4.93 Å². The molecule has 8 heteroatoms. The Hall–Kier alpha value is -1.93. The number of carboxylic acid groups (broad SMARTS) is 1. The molecule has 3 atom stereocenters. The Morgan fingerprint density at radius 2 is 1.89 bits per heavy atom. The van der Waals surface area contributed by atoms with Crippen molar-refractivity contribution >= 4 is 23.0 Å². The van der Waals surface area contributed by atoms with E-state index in [1.165, 1.54) is 4.90 Å². The van der Waals surface area contributed by atoms with Gasteiger partial charge in [0.1, 0.15) is 17.5 Å². The van der Waals surface area contributed by atoms with Crippen LogP contribution in [0.15, 0.2) is 0 Å². The number of hydrogen-bond acceptors (Lipinski definition) is 6. The molecule has 0 aromatic heterocycles. The van der Waals surface area contributed by atoms with Crippen molar-refractivity contribution in [1.29, 1.82) is 0 Å². The molecule has 2 heterocycles. The largest absolute Gasteiger partial charge is 0.507 e. The van der Waals surface area contributed by atoms with Crippen molar-refractivity contribution in [2.45, 2.75) is 64.0 Å². The monoisotopic (exact) mass is 395 g/mol. The lowest BCUT2D eigenvalue weighted by Crippen LogP contribution is -2.42. The van der Waals surface area contributed by atoms with Crippen LogP contribution in [0.4, 0.5) is 4.79 Å². The Morgan fingerprint density at radius 3 is 2.52 bits per heavy atom. The number of nitrogens with zero attached hydrogens (tertiary/aromatic N) is 1. The summed E-state index contributed by atoms with van der Waals surface area (Å²) in [7, 11) is 0. The lowest BCUT2D eigenvalue weighted by atomic mass is 9.92. The Labute approximate surface area is 162 Å². The minimum Gasteiger partial charge on any atom is -0.507 e. The molecule has 0 saturated carbocycles. The summed E-state index contributed by atoms with van der Waals surface area (Å²) in [5.41, 5.74) is 3.33. The number of aliphatic hydroxyl groups excluding tert-OH is 1. The molecule has 3 rings (SSSR count). The Bertz CT molecular complexity index is 810. The van der Waals surface area contributed by atoms with Gasteiger partial charge in [-0.05, 0) is 62.6 Å². The average Bonchev–Trinajstić information content (AvgIpc) is 3.00. The molecule has 1 saturated heterocycles. The number of phenolic OH excluding ortho intramolecular Hbond substituents is 1. The minimum atomic E-state index is -1.11. The van der Waals surface area contributed by atoms with Gasteiger partial charge in [0.2, 0.25) is 0 Å². The van der Waals surface area contributed by atoms with Crippen molar-refractivity contribution in [1.82, 2.24) is 4.90 Å². The van der Waals surface area contributed by atoms with Crippen LogP contribution in [0.2, 0.25) is 0 Å². The number of hydrogen-bond donors (Lipinski definition) is 3. The van der Waals surface area contributed by atoms with E-state index in [1.54, 1.807) is 0 Å². The highest BCUT2D eigenvalue weighted by Crippen LogP contribution is 2.47. The van der Waals surface area contributed by atoms with E-state index in [0.717, 1.165) is 34.0 Å². The van der Waals surface area contributed by atoms with Gasteiger partial charge in [-0.1, -0.05) is 0 Å². The highest BCUT2D eigenvalue weighted by molar-refractivity contribution is 8.14. The number of amides is 1. The predicted octanol–water partition coefficient (Wildman–Crippen LogP) is 2.73. The van der Waals surface area contributed by atoms with E-state index in [4.69, 9.17) is 4.74 Å². The molecular formula is C19H25NO6S. The third kappa shape index (κ3) is 3.48. The number of rotatable bonds is 2. The molecule has 0 bridgehead atoms. The van der Waals surface area contributed by atoms with Crippen LogP contribution in [0.1, 0.15) is 42.0 Å². The zero-order valence-electron chi connectivity index (χ0n) is 15.9. The molecule has 1 aromatic rings. The average molecular weight is 395 g/mol. The number of fused-ring (bicyclic) bond motifs is 1. The normalized spacial score (nSPS) is 27.2. The fourth-order valence-corrected chi connectivity index (χ4v) is 4.81. The highest BCUT2D eigenvalue weighted by Gasteiger charge is 2.43. The summed E-state index contributed by atoms with van der Waals surface area (Å²) in [6, 6.07) is -1.01. The van der Waals surface area contributed by atoms with E-state index < -0.39 is 28.3 Å². The third-order valence-electron chi connectivity index (χ3n) is 5.59. The van der Waals surface area contributed by atoms with Crippen LogP contribution in [0.3, 0.4) is 0 Å². The molecule has 3 unspecified atom stereocenters. The van der Waals surface area contributed by atoms with Crippen LogP contribution in [0.5, 0.6) is 11.5 Å². The number of aliphatic hydroxyl groups is 1. The molecule has 27 heavy (non-hydrogen) atoms. The van der Waals surface area contributed by atoms with Gasteiger partial charge in [0.05, 0.1) is 6.10 Å². The van der Waals surface area contributed by atoms with Gasteiger partial charge < -0.3 is 25.0 Å². The van der Waals surface area contributed by atoms with Gasteiger partial charge in [-0.2, -0.15) is 0 Å². The van der Waals surface area contributed by atoms with Crippen molar-refractivity contribution in [3.63, 3.8) is 0 Å². The van der Waals surface area contributed by atoms with E-state index in [9.17, 15) is 24.9 Å². The number of carboxylic acids is 1. The first-order chi connectivity index (χ1) is 12.5. The smallest absolute Gasteiger partial charge is 0.326 e. The molecule has 2 aliphatic heterocycles. The lowest BCUT2D eigenvalue weighted by molar-refractivity contribution is -0.141. The third-order valence-corrected chi connectivity index (χ3v) is 6.72. The molecule has 2 aliphatic rings. The van der Waals surface area contributed by atoms with Gasteiger partial charge in [0, 0.05) is 24.9 Å². The first kappa shape index (κ1) is 19.8. The van der Waals surface area contributed by atoms with Crippen molar-refractivity contribution in [3.8, 4) is 11.5 Å². The summed E-state index contributed by atoms with van der Waals surface area (Å²) in [6.45, 7) is 7.39. The fraction of sp³-hybridized carbons (Fsp3) is 0.579. The minimum absolute atomic E-state index is 0.0145. The number of thioether (sulfide) groups is 1. The maximum atomic E-state index is 12.8. The van der Waals surface area contributed by atoms with Crippen LogP contribution in [-0.4, -0.2) is 55.1 Å². The van der Waals surface area contributed by atoms with E-state index in [1.807, 2.05) is 27.7 Å². The standard InChI is InChI=1S/C19H25NO6S/c1-9-10(2)16-13(11(3)15(9)22)5-6-19(4,26-16)27-18(25)20-8-12(21)7-14(20)17(23)24/h12,14,21-22H,5-8H2,1-4H3,(H,23,24). The first-order valence-corrected chi connectivity index (χ1v) is 9.77. The van der Waals surface area contributed by atoms with Crippen molar-refractivity contribution in [2.24, 2.45) is 0 Å². The SMILES string of the molecule is Cc1c(C)c2c(c(C)c1O)CCC(C)(SC(=O)N1CC(O)CC1C(=O)O)O2. The molecule has 0 spiro atoms. The maximum absolute atomic E-state index is 12.8. The highest BCUT2D eigenvalue weighted by atomic mass is 32.2. The van der Waals surface area contributed by atoms with E-state index in [-0.39, 0.29) is 18.7 Å². The van der Waals surface area contributed by atoms with E-state index >= 15 is 0 Å². The van der Waals surface area contributed by atoms with Gasteiger partial charge in [0.25, 0.3) is 5.24 Å². The zero-order valence-corrected chi connectivity index (χ0v) is 16.7. The Balaban J connectivity index is 1.83. The van der Waals surface area contributed by atoms with Crippen LogP contribution in [0, 0.1) is 20.8 Å². The lowest BCUT2D eigenvalue weighted by Gasteiger charge is -2.37. The summed E-state index contributed by atoms with van der Waals surface area (Å²) in [4.78, 5) is 24.5. The quantitative estimate of drug-likeness (QED) is 0.707. The second kappa shape index (κ2) is 6.91. The second-order valence-corrected chi connectivity index (χ2v) is 8.95. The summed E-state index contributed by atoms with van der Waals surface area (Å²) >= 11 is 0.959. The molecule has 3 N–H and O–H groups in total. The number of aromatic hydroxyl groups is 1. The topological polar surface area (TPSA) is 107 Å². The molecular weight excluding hydrogens is 370 g/mol. The Morgan fingerprint density at radius 1 is 1.22 bits per heavy atom. The van der Waals surface area contributed by atoms with Crippen molar-refractivity contribution in [3.05, 3.63) is 22.3 Å². The van der Waals surface area contributed by atoms with Crippen LogP contribution in [0.25, 0.3) is 0 Å². The summed E-state index contributed by atoms with van der Waals surface area (Å²) in [5, 5.41) is 28.9.